The lowest BCUT2D eigenvalue weighted by Crippen LogP contribution is -2.19. The molecule has 1 aromatic heterocycles. The molecule has 0 fully saturated rings. The molecule has 0 aliphatic rings. The van der Waals surface area contributed by atoms with Crippen LogP contribution in [-0.4, -0.2) is 32.0 Å². The number of rotatable bonds is 3. The highest BCUT2D eigenvalue weighted by Crippen LogP contribution is 2.42. The highest BCUT2D eigenvalue weighted by molar-refractivity contribution is 8.13. The fraction of sp³-hybridized carbons (Fsp3) is 0.286. The van der Waals surface area contributed by atoms with Crippen molar-refractivity contribution in [2.45, 2.75) is 11.3 Å². The molecule has 0 unspecified atom stereocenters. The van der Waals surface area contributed by atoms with Crippen molar-refractivity contribution in [1.29, 1.82) is 0 Å². The number of hydrogen-bond donors (Lipinski definition) is 1. The molecule has 0 aromatic carbocycles. The molecule has 11 heteroatoms. The van der Waals surface area contributed by atoms with E-state index in [9.17, 15) is 26.7 Å². The molecule has 0 aliphatic carbocycles. The first kappa shape index (κ1) is 14.6. The minimum absolute atomic E-state index is 0.474. The van der Waals surface area contributed by atoms with Crippen LogP contribution in [0.15, 0.2) is 11.1 Å². The van der Waals surface area contributed by atoms with E-state index in [-0.39, 0.29) is 0 Å². The van der Waals surface area contributed by atoms with Gasteiger partial charge >= 0.3 is 6.36 Å². The lowest BCUT2D eigenvalue weighted by Gasteiger charge is -2.14. The Bertz CT molecular complexity index is 559. The van der Waals surface area contributed by atoms with E-state index in [1.54, 1.807) is 0 Å². The molecule has 1 heterocycles. The zero-order chi connectivity index (χ0) is 14.1. The van der Waals surface area contributed by atoms with E-state index in [0.717, 1.165) is 7.11 Å². The summed E-state index contributed by atoms with van der Waals surface area (Å²) in [5, 5.41) is 9.36. The van der Waals surface area contributed by atoms with E-state index < -0.39 is 37.7 Å². The lowest BCUT2D eigenvalue weighted by atomic mass is 10.4. The number of methoxy groups -OCH3 is 1. The number of aromatic hydroxyl groups is 1. The van der Waals surface area contributed by atoms with Crippen LogP contribution in [0.2, 0.25) is 0 Å². The molecule has 18 heavy (non-hydrogen) atoms. The second-order valence-electron chi connectivity index (χ2n) is 2.80. The third kappa shape index (κ3) is 3.29. The van der Waals surface area contributed by atoms with E-state index in [4.69, 9.17) is 10.7 Å². The first-order valence-corrected chi connectivity index (χ1v) is 6.33. The fourth-order valence-corrected chi connectivity index (χ4v) is 1.86. The number of hydrogen-bond acceptors (Lipinski definition) is 6. The molecule has 0 saturated heterocycles. The van der Waals surface area contributed by atoms with Crippen molar-refractivity contribution in [3.05, 3.63) is 6.20 Å². The minimum atomic E-state index is -5.22. The molecular formula is C7H5ClF3NO5S. The first-order valence-electron chi connectivity index (χ1n) is 4.02. The van der Waals surface area contributed by atoms with Crippen molar-refractivity contribution in [1.82, 2.24) is 4.98 Å². The lowest BCUT2D eigenvalue weighted by molar-refractivity contribution is -0.276. The minimum Gasteiger partial charge on any atom is -0.500 e. The summed E-state index contributed by atoms with van der Waals surface area (Å²) in [6.45, 7) is 0. The number of pyridine rings is 1. The summed E-state index contributed by atoms with van der Waals surface area (Å²) < 4.78 is 66.1. The quantitative estimate of drug-likeness (QED) is 0.854. The number of aromatic nitrogens is 1. The van der Waals surface area contributed by atoms with E-state index in [1.807, 2.05) is 0 Å². The molecule has 0 aliphatic heterocycles. The van der Waals surface area contributed by atoms with Gasteiger partial charge in [-0.05, 0) is 0 Å². The Hall–Kier alpha value is -1.42. The van der Waals surface area contributed by atoms with Crippen molar-refractivity contribution in [3.8, 4) is 17.4 Å². The van der Waals surface area contributed by atoms with Crippen LogP contribution in [0.1, 0.15) is 0 Å². The standard InChI is InChI=1S/C7H5ClF3NO5S/c1-16-6-4(13)5(17-7(9,10)11)3(2-12-6)18(8,14)15/h2,13H,1H3. The topological polar surface area (TPSA) is 85.7 Å². The summed E-state index contributed by atoms with van der Waals surface area (Å²) in [6, 6.07) is 0. The van der Waals surface area contributed by atoms with Gasteiger partial charge in [0.15, 0.2) is 5.75 Å². The van der Waals surface area contributed by atoms with Crippen molar-refractivity contribution in [3.63, 3.8) is 0 Å². The Morgan fingerprint density at radius 1 is 1.44 bits per heavy atom. The second-order valence-corrected chi connectivity index (χ2v) is 5.33. The Kier molecular flexibility index (Phi) is 3.81. The maximum atomic E-state index is 12.1. The average Bonchev–Trinajstić information content (AvgIpc) is 2.17. The summed E-state index contributed by atoms with van der Waals surface area (Å²) >= 11 is 0. The van der Waals surface area contributed by atoms with E-state index in [0.29, 0.717) is 6.20 Å². The summed E-state index contributed by atoms with van der Waals surface area (Å²) in [4.78, 5) is 2.15. The number of ether oxygens (including phenoxy) is 2. The van der Waals surface area contributed by atoms with Gasteiger partial charge in [0, 0.05) is 10.7 Å². The smallest absolute Gasteiger partial charge is 0.500 e. The largest absolute Gasteiger partial charge is 0.573 e. The van der Waals surface area contributed by atoms with Gasteiger partial charge in [0.1, 0.15) is 4.90 Å². The van der Waals surface area contributed by atoms with Crippen LogP contribution < -0.4 is 9.47 Å². The second kappa shape index (κ2) is 4.69. The van der Waals surface area contributed by atoms with Crippen molar-refractivity contribution in [2.24, 2.45) is 0 Å². The fourth-order valence-electron chi connectivity index (χ4n) is 0.988. The summed E-state index contributed by atoms with van der Waals surface area (Å²) in [5.41, 5.74) is 0. The van der Waals surface area contributed by atoms with Crippen LogP contribution in [0, 0.1) is 0 Å². The van der Waals surface area contributed by atoms with Crippen LogP contribution in [0.3, 0.4) is 0 Å². The Morgan fingerprint density at radius 2 is 2.00 bits per heavy atom. The molecule has 1 aromatic rings. The van der Waals surface area contributed by atoms with Gasteiger partial charge in [-0.3, -0.25) is 0 Å². The number of halogens is 4. The molecule has 0 atom stereocenters. The van der Waals surface area contributed by atoms with Gasteiger partial charge in [-0.25, -0.2) is 13.4 Å². The van der Waals surface area contributed by atoms with E-state index in [2.05, 4.69) is 14.5 Å². The first-order chi connectivity index (χ1) is 8.06. The number of nitrogens with zero attached hydrogens (tertiary/aromatic N) is 1. The maximum absolute atomic E-state index is 12.1. The third-order valence-corrected chi connectivity index (χ3v) is 2.93. The monoisotopic (exact) mass is 307 g/mol. The highest BCUT2D eigenvalue weighted by Gasteiger charge is 2.37. The molecule has 0 amide bonds. The van der Waals surface area contributed by atoms with Crippen LogP contribution in [-0.2, 0) is 9.05 Å². The predicted molar refractivity (Wildman–Crippen MR) is 52.2 cm³/mol. The van der Waals surface area contributed by atoms with Crippen LogP contribution in [0.5, 0.6) is 17.4 Å². The Balaban J connectivity index is 3.51. The molecule has 0 saturated carbocycles. The molecule has 1 rings (SSSR count). The summed E-state index contributed by atoms with van der Waals surface area (Å²) in [6.07, 6.45) is -4.75. The van der Waals surface area contributed by atoms with E-state index in [1.165, 1.54) is 0 Å². The van der Waals surface area contributed by atoms with Gasteiger partial charge in [-0.15, -0.1) is 13.2 Å². The Morgan fingerprint density at radius 3 is 2.39 bits per heavy atom. The molecule has 6 nitrogen and oxygen atoms in total. The van der Waals surface area contributed by atoms with Crippen LogP contribution in [0.25, 0.3) is 0 Å². The van der Waals surface area contributed by atoms with Gasteiger partial charge in [0.05, 0.1) is 13.3 Å². The SMILES string of the molecule is COc1ncc(S(=O)(=O)Cl)c(OC(F)(F)F)c1O. The zero-order valence-corrected chi connectivity index (χ0v) is 10.1. The average molecular weight is 308 g/mol. The number of alkyl halides is 3. The molecule has 0 bridgehead atoms. The van der Waals surface area contributed by atoms with Gasteiger partial charge in [0.2, 0.25) is 5.75 Å². The predicted octanol–water partition coefficient (Wildman–Crippen LogP) is 1.62. The summed E-state index contributed by atoms with van der Waals surface area (Å²) in [5.74, 6) is -3.26. The third-order valence-electron chi connectivity index (χ3n) is 1.61. The molecule has 102 valence electrons. The van der Waals surface area contributed by atoms with Crippen molar-refractivity contribution in [2.75, 3.05) is 7.11 Å². The highest BCUT2D eigenvalue weighted by atomic mass is 35.7. The van der Waals surface area contributed by atoms with Crippen LogP contribution >= 0.6 is 10.7 Å². The zero-order valence-electron chi connectivity index (χ0n) is 8.52. The van der Waals surface area contributed by atoms with Gasteiger partial charge in [-0.2, -0.15) is 0 Å². The van der Waals surface area contributed by atoms with Crippen LogP contribution in [0.4, 0.5) is 13.2 Å². The Labute approximate surface area is 103 Å². The van der Waals surface area contributed by atoms with Gasteiger partial charge in [-0.1, -0.05) is 0 Å². The molecule has 0 radical (unpaired) electrons. The summed E-state index contributed by atoms with van der Waals surface area (Å²) in [7, 11) is 1.32. The maximum Gasteiger partial charge on any atom is 0.573 e. The molecular weight excluding hydrogens is 303 g/mol. The van der Waals surface area contributed by atoms with E-state index >= 15 is 0 Å². The van der Waals surface area contributed by atoms with Crippen molar-refractivity contribution >= 4 is 19.7 Å². The normalized spacial score (nSPS) is 12.3. The van der Waals surface area contributed by atoms with Gasteiger partial charge in [0.25, 0.3) is 14.9 Å². The molecule has 0 spiro atoms. The van der Waals surface area contributed by atoms with Gasteiger partial charge < -0.3 is 14.6 Å². The van der Waals surface area contributed by atoms with Crippen molar-refractivity contribution < 1.29 is 36.2 Å². The molecule has 1 N–H and O–H groups in total.